The molecule has 2 heterocycles. The fourth-order valence-electron chi connectivity index (χ4n) is 4.34. The summed E-state index contributed by atoms with van der Waals surface area (Å²) in [4.78, 5) is 25.0. The van der Waals surface area contributed by atoms with E-state index >= 15 is 0 Å². The smallest absolute Gasteiger partial charge is 0.323 e. The molecule has 4 rings (SSSR count). The summed E-state index contributed by atoms with van der Waals surface area (Å²) in [6, 6.07) is 0. The zero-order valence-corrected chi connectivity index (χ0v) is 11.0. The van der Waals surface area contributed by atoms with Gasteiger partial charge in [0, 0.05) is 0 Å². The summed E-state index contributed by atoms with van der Waals surface area (Å²) >= 11 is 0. The van der Waals surface area contributed by atoms with Gasteiger partial charge in [-0.15, -0.1) is 0 Å². The number of rotatable bonds is 0. The van der Waals surface area contributed by atoms with Crippen molar-refractivity contribution >= 4 is 11.8 Å². The first-order chi connectivity index (χ1) is 8.98. The van der Waals surface area contributed by atoms with Gasteiger partial charge < -0.3 is 9.47 Å². The Labute approximate surface area is 111 Å². The molecule has 100 valence electrons. The maximum absolute atomic E-state index is 12.6. The van der Waals surface area contributed by atoms with E-state index in [-0.39, 0.29) is 29.0 Å². The van der Waals surface area contributed by atoms with Gasteiger partial charge in [-0.3, -0.25) is 9.59 Å². The van der Waals surface area contributed by atoms with Gasteiger partial charge in [-0.1, -0.05) is 26.0 Å². The van der Waals surface area contributed by atoms with Crippen LogP contribution in [0.1, 0.15) is 20.3 Å². The molecular formula is C15H16O4. The van der Waals surface area contributed by atoms with Crippen molar-refractivity contribution in [2.75, 3.05) is 6.61 Å². The van der Waals surface area contributed by atoms with Gasteiger partial charge in [0.1, 0.15) is 5.41 Å². The molecule has 2 fully saturated rings. The Morgan fingerprint density at radius 3 is 2.89 bits per heavy atom. The third kappa shape index (κ3) is 1.10. The van der Waals surface area contributed by atoms with Crippen LogP contribution in [0, 0.1) is 22.7 Å². The van der Waals surface area contributed by atoms with Crippen molar-refractivity contribution < 1.29 is 19.1 Å². The average molecular weight is 260 g/mol. The van der Waals surface area contributed by atoms with E-state index in [2.05, 4.69) is 19.9 Å². The number of allylic oxidation sites excluding steroid dienone is 3. The van der Waals surface area contributed by atoms with Crippen LogP contribution in [0.4, 0.5) is 0 Å². The molecule has 0 aromatic heterocycles. The SMILES string of the molecule is CC1(C)C=CC(=O)[C@@]23C(=O)O[C@H]4OCC(=CC[C@@H]12)[C@H]43. The Hall–Kier alpha value is -1.42. The second-order valence-electron chi connectivity index (χ2n) is 6.52. The van der Waals surface area contributed by atoms with Gasteiger partial charge in [0.05, 0.1) is 12.5 Å². The maximum atomic E-state index is 12.6. The molecule has 0 bridgehead atoms. The van der Waals surface area contributed by atoms with Crippen LogP contribution in [0.3, 0.4) is 0 Å². The Morgan fingerprint density at radius 1 is 1.32 bits per heavy atom. The van der Waals surface area contributed by atoms with Crippen LogP contribution < -0.4 is 0 Å². The molecular weight excluding hydrogens is 244 g/mol. The highest BCUT2D eigenvalue weighted by molar-refractivity contribution is 6.12. The number of ether oxygens (including phenoxy) is 2. The van der Waals surface area contributed by atoms with E-state index < -0.39 is 11.7 Å². The van der Waals surface area contributed by atoms with Crippen LogP contribution in [0.15, 0.2) is 23.8 Å². The second-order valence-corrected chi connectivity index (χ2v) is 6.52. The maximum Gasteiger partial charge on any atom is 0.323 e. The molecule has 4 nitrogen and oxygen atoms in total. The van der Waals surface area contributed by atoms with E-state index in [1.54, 1.807) is 6.08 Å². The van der Waals surface area contributed by atoms with Crippen molar-refractivity contribution in [1.29, 1.82) is 0 Å². The summed E-state index contributed by atoms with van der Waals surface area (Å²) in [5.41, 5.74) is -0.165. The largest absolute Gasteiger partial charge is 0.434 e. The molecule has 4 heteroatoms. The van der Waals surface area contributed by atoms with Crippen molar-refractivity contribution in [2.24, 2.45) is 22.7 Å². The van der Waals surface area contributed by atoms with Gasteiger partial charge in [0.2, 0.25) is 6.29 Å². The van der Waals surface area contributed by atoms with E-state index in [9.17, 15) is 9.59 Å². The highest BCUT2D eigenvalue weighted by atomic mass is 16.7. The number of ketones is 1. The first-order valence-corrected chi connectivity index (χ1v) is 6.73. The lowest BCUT2D eigenvalue weighted by Gasteiger charge is -2.48. The molecule has 1 spiro atoms. The highest BCUT2D eigenvalue weighted by Crippen LogP contribution is 2.62. The standard InChI is InChI=1S/C15H16O4/c1-14(2)6-5-10(16)15-9(14)4-3-8-7-18-12(11(8)15)19-13(15)17/h3,5-6,9,11-12H,4,7H2,1-2H3/t9-,11+,12+,15-/m0/s1. The van der Waals surface area contributed by atoms with Crippen molar-refractivity contribution in [3.63, 3.8) is 0 Å². The Bertz CT molecular complexity index is 556. The summed E-state index contributed by atoms with van der Waals surface area (Å²) in [5.74, 6) is -0.744. The minimum Gasteiger partial charge on any atom is -0.434 e. The third-order valence-corrected chi connectivity index (χ3v) is 5.27. The van der Waals surface area contributed by atoms with Crippen LogP contribution in [0.2, 0.25) is 0 Å². The Morgan fingerprint density at radius 2 is 2.11 bits per heavy atom. The predicted octanol–water partition coefficient (Wildman–Crippen LogP) is 1.61. The molecule has 0 aromatic carbocycles. The lowest BCUT2D eigenvalue weighted by molar-refractivity contribution is -0.166. The molecule has 0 N–H and O–H groups in total. The normalized spacial score (nSPS) is 45.6. The van der Waals surface area contributed by atoms with Crippen molar-refractivity contribution in [1.82, 2.24) is 0 Å². The van der Waals surface area contributed by atoms with E-state index in [4.69, 9.17) is 9.47 Å². The highest BCUT2D eigenvalue weighted by Gasteiger charge is 2.72. The second kappa shape index (κ2) is 3.18. The van der Waals surface area contributed by atoms with Gasteiger partial charge in [0.25, 0.3) is 0 Å². The first kappa shape index (κ1) is 11.4. The van der Waals surface area contributed by atoms with E-state index in [0.717, 1.165) is 12.0 Å². The van der Waals surface area contributed by atoms with E-state index in [0.29, 0.717) is 6.61 Å². The summed E-state index contributed by atoms with van der Waals surface area (Å²) in [6.45, 7) is 4.64. The average Bonchev–Trinajstić information content (AvgIpc) is 2.89. The van der Waals surface area contributed by atoms with Gasteiger partial charge in [-0.2, -0.15) is 0 Å². The van der Waals surface area contributed by atoms with Gasteiger partial charge in [-0.05, 0) is 29.4 Å². The van der Waals surface area contributed by atoms with Crippen molar-refractivity contribution in [2.45, 2.75) is 26.6 Å². The first-order valence-electron chi connectivity index (χ1n) is 6.73. The van der Waals surface area contributed by atoms with E-state index in [1.165, 1.54) is 0 Å². The topological polar surface area (TPSA) is 52.6 Å². The quantitative estimate of drug-likeness (QED) is 0.377. The number of esters is 1. The zero-order valence-electron chi connectivity index (χ0n) is 11.0. The molecule has 2 saturated heterocycles. The van der Waals surface area contributed by atoms with Crippen LogP contribution in [0.25, 0.3) is 0 Å². The fraction of sp³-hybridized carbons (Fsp3) is 0.600. The number of hydrogen-bond donors (Lipinski definition) is 0. The van der Waals surface area contributed by atoms with Gasteiger partial charge in [-0.25, -0.2) is 0 Å². The third-order valence-electron chi connectivity index (χ3n) is 5.27. The van der Waals surface area contributed by atoms with Gasteiger partial charge >= 0.3 is 5.97 Å². The number of hydrogen-bond acceptors (Lipinski definition) is 4. The monoisotopic (exact) mass is 260 g/mol. The zero-order chi connectivity index (χ0) is 13.4. The van der Waals surface area contributed by atoms with Crippen molar-refractivity contribution in [3.05, 3.63) is 23.8 Å². The molecule has 2 aliphatic heterocycles. The van der Waals surface area contributed by atoms with E-state index in [1.807, 2.05) is 6.08 Å². The summed E-state index contributed by atoms with van der Waals surface area (Å²) in [6.07, 6.45) is 5.82. The molecule has 4 aliphatic rings. The van der Waals surface area contributed by atoms with Gasteiger partial charge in [0.15, 0.2) is 5.78 Å². The van der Waals surface area contributed by atoms with Crippen LogP contribution in [-0.2, 0) is 19.1 Å². The van der Waals surface area contributed by atoms with Crippen LogP contribution >= 0.6 is 0 Å². The van der Waals surface area contributed by atoms with Crippen LogP contribution in [0.5, 0.6) is 0 Å². The molecule has 19 heavy (non-hydrogen) atoms. The summed E-state index contributed by atoms with van der Waals surface area (Å²) in [7, 11) is 0. The molecule has 0 aromatic rings. The lowest BCUT2D eigenvalue weighted by atomic mass is 9.50. The predicted molar refractivity (Wildman–Crippen MR) is 65.9 cm³/mol. The Balaban J connectivity index is 1.99. The fourth-order valence-corrected chi connectivity index (χ4v) is 4.34. The molecule has 0 radical (unpaired) electrons. The summed E-state index contributed by atoms with van der Waals surface area (Å²) < 4.78 is 10.9. The molecule has 0 saturated carbocycles. The van der Waals surface area contributed by atoms with Crippen LogP contribution in [-0.4, -0.2) is 24.6 Å². The Kier molecular flexibility index (Phi) is 1.91. The minimum atomic E-state index is -1.04. The van der Waals surface area contributed by atoms with Crippen molar-refractivity contribution in [3.8, 4) is 0 Å². The number of carbonyl (C=O) groups is 2. The molecule has 2 aliphatic carbocycles. The lowest BCUT2D eigenvalue weighted by Crippen LogP contribution is -2.55. The minimum absolute atomic E-state index is 0.0366. The molecule has 4 atom stereocenters. The number of carbonyl (C=O) groups excluding carboxylic acids is 2. The molecule has 0 unspecified atom stereocenters. The summed E-state index contributed by atoms with van der Waals surface area (Å²) in [5, 5.41) is 0. The molecule has 0 amide bonds.